The van der Waals surface area contributed by atoms with Crippen LogP contribution in [0, 0.1) is 0 Å². The van der Waals surface area contributed by atoms with Gasteiger partial charge in [-0.15, -0.1) is 10.2 Å². The summed E-state index contributed by atoms with van der Waals surface area (Å²) in [7, 11) is 3.94. The lowest BCUT2D eigenvalue weighted by Gasteiger charge is -2.12. The average Bonchev–Trinajstić information content (AvgIpc) is 2.76. The van der Waals surface area contributed by atoms with E-state index in [1.807, 2.05) is 26.5 Å². The molecule has 0 amide bonds. The molecular weight excluding hydrogens is 224 g/mol. The summed E-state index contributed by atoms with van der Waals surface area (Å²) >= 11 is 1.42. The van der Waals surface area contributed by atoms with Gasteiger partial charge in [-0.25, -0.2) is 0 Å². The van der Waals surface area contributed by atoms with Gasteiger partial charge < -0.3 is 5.73 Å². The predicted molar refractivity (Wildman–Crippen MR) is 62.7 cm³/mol. The minimum absolute atomic E-state index is 0.518. The summed E-state index contributed by atoms with van der Waals surface area (Å²) < 4.78 is 1.80. The molecule has 0 unspecified atom stereocenters. The number of hydrogen-bond acceptors (Lipinski definition) is 6. The molecule has 0 aliphatic carbocycles. The monoisotopic (exact) mass is 238 g/mol. The van der Waals surface area contributed by atoms with Crippen molar-refractivity contribution in [2.24, 2.45) is 7.05 Å². The quantitative estimate of drug-likeness (QED) is 0.839. The second kappa shape index (κ2) is 4.58. The van der Waals surface area contributed by atoms with Gasteiger partial charge in [0.2, 0.25) is 5.13 Å². The van der Waals surface area contributed by atoms with E-state index in [1.54, 1.807) is 4.68 Å². The number of nitrogen functional groups attached to an aromatic ring is 1. The molecule has 2 aromatic rings. The number of nitrogens with zero attached hydrogens (tertiary/aromatic N) is 5. The van der Waals surface area contributed by atoms with Gasteiger partial charge in [-0.2, -0.15) is 5.10 Å². The Morgan fingerprint density at radius 3 is 2.81 bits per heavy atom. The Kier molecular flexibility index (Phi) is 3.16. The van der Waals surface area contributed by atoms with Crippen LogP contribution in [0.3, 0.4) is 0 Å². The third-order valence-electron chi connectivity index (χ3n) is 2.10. The molecule has 0 atom stereocenters. The summed E-state index contributed by atoms with van der Waals surface area (Å²) in [6.45, 7) is 1.59. The van der Waals surface area contributed by atoms with Crippen molar-refractivity contribution in [3.05, 3.63) is 23.0 Å². The number of hydrogen-bond donors (Lipinski definition) is 1. The van der Waals surface area contributed by atoms with Gasteiger partial charge in [0.15, 0.2) is 0 Å². The van der Waals surface area contributed by atoms with Gasteiger partial charge in [0.05, 0.1) is 12.7 Å². The first kappa shape index (κ1) is 11.0. The fourth-order valence-corrected chi connectivity index (χ4v) is 2.17. The molecule has 2 N–H and O–H groups in total. The van der Waals surface area contributed by atoms with E-state index in [9.17, 15) is 0 Å². The van der Waals surface area contributed by atoms with Crippen molar-refractivity contribution in [3.63, 3.8) is 0 Å². The highest BCUT2D eigenvalue weighted by Crippen LogP contribution is 2.13. The van der Waals surface area contributed by atoms with E-state index in [4.69, 9.17) is 5.73 Å². The maximum atomic E-state index is 5.52. The van der Waals surface area contributed by atoms with Crippen LogP contribution in [0.15, 0.2) is 12.4 Å². The van der Waals surface area contributed by atoms with Crippen molar-refractivity contribution in [2.75, 3.05) is 12.8 Å². The van der Waals surface area contributed by atoms with Gasteiger partial charge in [-0.05, 0) is 7.05 Å². The lowest BCUT2D eigenvalue weighted by atomic mass is 10.3. The molecule has 0 bridgehead atoms. The Morgan fingerprint density at radius 2 is 2.25 bits per heavy atom. The van der Waals surface area contributed by atoms with Crippen LogP contribution < -0.4 is 5.73 Å². The smallest absolute Gasteiger partial charge is 0.203 e. The first-order valence-corrected chi connectivity index (χ1v) is 5.69. The summed E-state index contributed by atoms with van der Waals surface area (Å²) in [5.74, 6) is 0. The molecule has 6 nitrogen and oxygen atoms in total. The lowest BCUT2D eigenvalue weighted by Crippen LogP contribution is -2.16. The predicted octanol–water partition coefficient (Wildman–Crippen LogP) is 0.486. The average molecular weight is 238 g/mol. The second-order valence-electron chi connectivity index (χ2n) is 3.73. The van der Waals surface area contributed by atoms with Crippen molar-refractivity contribution in [1.29, 1.82) is 0 Å². The van der Waals surface area contributed by atoms with Crippen molar-refractivity contribution >= 4 is 16.5 Å². The number of rotatable bonds is 4. The van der Waals surface area contributed by atoms with E-state index in [0.29, 0.717) is 5.13 Å². The summed E-state index contributed by atoms with van der Waals surface area (Å²) in [6.07, 6.45) is 3.87. The summed E-state index contributed by atoms with van der Waals surface area (Å²) in [6, 6.07) is 0. The molecule has 0 saturated heterocycles. The minimum Gasteiger partial charge on any atom is -0.374 e. The molecule has 2 heterocycles. The second-order valence-corrected chi connectivity index (χ2v) is 4.82. The first-order valence-electron chi connectivity index (χ1n) is 4.87. The Morgan fingerprint density at radius 1 is 1.44 bits per heavy atom. The molecule has 0 aliphatic heterocycles. The zero-order valence-corrected chi connectivity index (χ0v) is 10.1. The zero-order chi connectivity index (χ0) is 11.5. The molecule has 0 saturated carbocycles. The molecule has 0 aliphatic rings. The SMILES string of the molecule is CN(Cc1cnn(C)c1)Cc1nnc(N)s1. The van der Waals surface area contributed by atoms with Crippen LogP contribution in [0.4, 0.5) is 5.13 Å². The lowest BCUT2D eigenvalue weighted by molar-refractivity contribution is 0.317. The zero-order valence-electron chi connectivity index (χ0n) is 9.29. The number of nitrogens with two attached hydrogens (primary N) is 1. The Labute approximate surface area is 97.7 Å². The normalized spacial score (nSPS) is 11.2. The molecular formula is C9H14N6S. The highest BCUT2D eigenvalue weighted by atomic mass is 32.1. The van der Waals surface area contributed by atoms with Gasteiger partial charge in [0.25, 0.3) is 0 Å². The van der Waals surface area contributed by atoms with E-state index in [2.05, 4.69) is 20.2 Å². The Hall–Kier alpha value is -1.47. The van der Waals surface area contributed by atoms with Gasteiger partial charge in [0, 0.05) is 25.4 Å². The van der Waals surface area contributed by atoms with Crippen molar-refractivity contribution in [1.82, 2.24) is 24.9 Å². The molecule has 0 fully saturated rings. The maximum absolute atomic E-state index is 5.52. The van der Waals surface area contributed by atoms with Crippen LogP contribution in [0.25, 0.3) is 0 Å². The standard InChI is InChI=1S/C9H14N6S/c1-14(4-7-3-11-15(2)5-7)6-8-12-13-9(10)16-8/h3,5H,4,6H2,1-2H3,(H2,10,13). The third-order valence-corrected chi connectivity index (χ3v) is 2.84. The number of aromatic nitrogens is 4. The van der Waals surface area contributed by atoms with Crippen LogP contribution in [-0.4, -0.2) is 31.9 Å². The third kappa shape index (κ3) is 2.77. The summed E-state index contributed by atoms with van der Waals surface area (Å²) in [4.78, 5) is 2.15. The van der Waals surface area contributed by atoms with Crippen LogP contribution in [0.2, 0.25) is 0 Å². The van der Waals surface area contributed by atoms with E-state index in [1.165, 1.54) is 16.9 Å². The summed E-state index contributed by atoms with van der Waals surface area (Å²) in [5.41, 5.74) is 6.71. The Bertz CT molecular complexity index is 420. The van der Waals surface area contributed by atoms with Crippen molar-refractivity contribution in [2.45, 2.75) is 13.1 Å². The van der Waals surface area contributed by atoms with Gasteiger partial charge in [0.1, 0.15) is 5.01 Å². The molecule has 16 heavy (non-hydrogen) atoms. The molecule has 0 aromatic carbocycles. The van der Waals surface area contributed by atoms with Crippen LogP contribution >= 0.6 is 11.3 Å². The molecule has 2 rings (SSSR count). The maximum Gasteiger partial charge on any atom is 0.203 e. The van der Waals surface area contributed by atoms with Gasteiger partial charge in [-0.1, -0.05) is 11.3 Å². The van der Waals surface area contributed by atoms with E-state index < -0.39 is 0 Å². The van der Waals surface area contributed by atoms with E-state index in [-0.39, 0.29) is 0 Å². The fraction of sp³-hybridized carbons (Fsp3) is 0.444. The van der Waals surface area contributed by atoms with Gasteiger partial charge >= 0.3 is 0 Å². The largest absolute Gasteiger partial charge is 0.374 e. The van der Waals surface area contributed by atoms with Crippen molar-refractivity contribution < 1.29 is 0 Å². The van der Waals surface area contributed by atoms with Crippen LogP contribution in [-0.2, 0) is 20.1 Å². The molecule has 86 valence electrons. The van der Waals surface area contributed by atoms with Crippen LogP contribution in [0.5, 0.6) is 0 Å². The van der Waals surface area contributed by atoms with E-state index in [0.717, 1.165) is 18.1 Å². The van der Waals surface area contributed by atoms with Gasteiger partial charge in [-0.3, -0.25) is 9.58 Å². The van der Waals surface area contributed by atoms with Crippen LogP contribution in [0.1, 0.15) is 10.6 Å². The number of anilines is 1. The van der Waals surface area contributed by atoms with E-state index >= 15 is 0 Å². The summed E-state index contributed by atoms with van der Waals surface area (Å²) in [5, 5.41) is 13.3. The fourth-order valence-electron chi connectivity index (χ4n) is 1.48. The molecule has 2 aromatic heterocycles. The first-order chi connectivity index (χ1) is 7.63. The Balaban J connectivity index is 1.91. The molecule has 0 spiro atoms. The minimum atomic E-state index is 0.518. The van der Waals surface area contributed by atoms with Crippen molar-refractivity contribution in [3.8, 4) is 0 Å². The highest BCUT2D eigenvalue weighted by molar-refractivity contribution is 7.15. The molecule has 0 radical (unpaired) electrons. The topological polar surface area (TPSA) is 72.9 Å². The molecule has 7 heteroatoms. The highest BCUT2D eigenvalue weighted by Gasteiger charge is 2.06. The number of aryl methyl sites for hydroxylation is 1.